The van der Waals surface area contributed by atoms with Crippen LogP contribution in [0.3, 0.4) is 0 Å². The number of hydrogen-bond donors (Lipinski definition) is 1. The molecule has 0 radical (unpaired) electrons. The molecule has 0 aliphatic heterocycles. The van der Waals surface area contributed by atoms with Crippen LogP contribution >= 0.6 is 0 Å². The minimum absolute atomic E-state index is 0.176. The first-order chi connectivity index (χ1) is 6.11. The van der Waals surface area contributed by atoms with Gasteiger partial charge in [-0.15, -0.1) is 0 Å². The highest BCUT2D eigenvalue weighted by molar-refractivity contribution is 7.72. The summed E-state index contributed by atoms with van der Waals surface area (Å²) in [6.07, 6.45) is 0.815. The van der Waals surface area contributed by atoms with Gasteiger partial charge in [-0.1, -0.05) is 0 Å². The van der Waals surface area contributed by atoms with Crippen LogP contribution in [0.1, 0.15) is 5.56 Å². The highest BCUT2D eigenvalue weighted by Gasteiger charge is 2.09. The number of hydrogen-bond acceptors (Lipinski definition) is 3. The lowest BCUT2D eigenvalue weighted by Crippen LogP contribution is -2.02. The van der Waals surface area contributed by atoms with Crippen LogP contribution in [0.25, 0.3) is 0 Å². The van der Waals surface area contributed by atoms with Gasteiger partial charge in [0.2, 0.25) is 5.95 Å². The molecule has 1 aromatic rings. The third-order valence-corrected chi connectivity index (χ3v) is 2.08. The second kappa shape index (κ2) is 4.27. The van der Waals surface area contributed by atoms with Crippen molar-refractivity contribution in [3.05, 3.63) is 29.6 Å². The summed E-state index contributed by atoms with van der Waals surface area (Å²) in [7, 11) is -2.61. The predicted molar refractivity (Wildman–Crippen MR) is 43.0 cm³/mol. The average molecular weight is 207 g/mol. The number of rotatable bonds is 3. The van der Waals surface area contributed by atoms with Gasteiger partial charge in [0.15, 0.2) is 0 Å². The first kappa shape index (κ1) is 10.0. The predicted octanol–water partition coefficient (Wildman–Crippen LogP) is 0.514. The largest absolute Gasteiger partial charge is 0.232 e. The van der Waals surface area contributed by atoms with E-state index in [1.165, 1.54) is 0 Å². The third kappa shape index (κ3) is 2.73. The number of thiol groups is 1. The van der Waals surface area contributed by atoms with Crippen molar-refractivity contribution >= 4 is 10.7 Å². The molecule has 0 amide bonds. The first-order valence-electron chi connectivity index (χ1n) is 3.52. The van der Waals surface area contributed by atoms with E-state index in [4.69, 9.17) is 0 Å². The molecule has 0 bridgehead atoms. The molecule has 0 aromatic carbocycles. The third-order valence-electron chi connectivity index (χ3n) is 1.49. The Morgan fingerprint density at radius 1 is 1.38 bits per heavy atom. The van der Waals surface area contributed by atoms with E-state index in [0.29, 0.717) is 0 Å². The topological polar surface area (TPSA) is 47.0 Å². The summed E-state index contributed by atoms with van der Waals surface area (Å²) < 4.78 is 45.9. The molecule has 6 heteroatoms. The summed E-state index contributed by atoms with van der Waals surface area (Å²) in [5.41, 5.74) is -0.276. The Morgan fingerprint density at radius 3 is 2.62 bits per heavy atom. The van der Waals surface area contributed by atoms with Crippen LogP contribution in [-0.4, -0.2) is 19.2 Å². The van der Waals surface area contributed by atoms with Gasteiger partial charge in [-0.25, -0.2) is 17.8 Å². The summed E-state index contributed by atoms with van der Waals surface area (Å²) in [5.74, 6) is -1.98. The van der Waals surface area contributed by atoms with E-state index in [1.807, 2.05) is 0 Å². The fraction of sp³-hybridized carbons (Fsp3) is 0.286. The minimum atomic E-state index is -2.61. The van der Waals surface area contributed by atoms with Gasteiger partial charge in [-0.3, -0.25) is 0 Å². The van der Waals surface area contributed by atoms with E-state index >= 15 is 0 Å². The lowest BCUT2D eigenvalue weighted by molar-refractivity contribution is 0.528. The fourth-order valence-electron chi connectivity index (χ4n) is 0.871. The molecule has 0 N–H and O–H groups in total. The van der Waals surface area contributed by atoms with Crippen LogP contribution < -0.4 is 0 Å². The maximum absolute atomic E-state index is 12.8. The van der Waals surface area contributed by atoms with Crippen molar-refractivity contribution in [1.82, 2.24) is 4.98 Å². The van der Waals surface area contributed by atoms with Crippen molar-refractivity contribution in [3.63, 3.8) is 0 Å². The van der Waals surface area contributed by atoms with Crippen LogP contribution in [0.5, 0.6) is 0 Å². The van der Waals surface area contributed by atoms with Crippen LogP contribution in [0.2, 0.25) is 0 Å². The number of halogens is 2. The summed E-state index contributed by atoms with van der Waals surface area (Å²) in [6.45, 7) is 0. The van der Waals surface area contributed by atoms with Gasteiger partial charge >= 0.3 is 0 Å². The maximum Gasteiger partial charge on any atom is 0.218 e. The molecule has 0 saturated heterocycles. The minimum Gasteiger partial charge on any atom is -0.232 e. The number of pyridine rings is 1. The lowest BCUT2D eigenvalue weighted by atomic mass is 10.2. The Morgan fingerprint density at radius 2 is 2.08 bits per heavy atom. The molecule has 0 aliphatic rings. The van der Waals surface area contributed by atoms with Gasteiger partial charge in [0.05, 0.1) is 5.75 Å². The molecular formula is C7H7F2NO2S. The molecule has 72 valence electrons. The molecule has 1 heterocycles. The molecule has 0 aliphatic carbocycles. The van der Waals surface area contributed by atoms with Crippen molar-refractivity contribution in [2.45, 2.75) is 6.42 Å². The average Bonchev–Trinajstić information content (AvgIpc) is 2.03. The number of aromatic nitrogens is 1. The van der Waals surface area contributed by atoms with Gasteiger partial charge in [0.1, 0.15) is 16.5 Å². The van der Waals surface area contributed by atoms with Crippen LogP contribution in [0.15, 0.2) is 12.3 Å². The monoisotopic (exact) mass is 207 g/mol. The Balaban J connectivity index is 2.87. The Kier molecular flexibility index (Phi) is 3.30. The van der Waals surface area contributed by atoms with E-state index in [9.17, 15) is 17.2 Å². The summed E-state index contributed by atoms with van der Waals surface area (Å²) in [6, 6.07) is 0.996. The van der Waals surface area contributed by atoms with E-state index < -0.39 is 22.5 Å². The molecule has 0 spiro atoms. The van der Waals surface area contributed by atoms with Crippen LogP contribution in [-0.2, 0) is 17.1 Å². The van der Waals surface area contributed by atoms with E-state index in [0.717, 1.165) is 12.3 Å². The maximum atomic E-state index is 12.8. The van der Waals surface area contributed by atoms with E-state index in [2.05, 4.69) is 4.98 Å². The van der Waals surface area contributed by atoms with Crippen molar-refractivity contribution in [2.24, 2.45) is 0 Å². The van der Waals surface area contributed by atoms with E-state index in [-0.39, 0.29) is 17.7 Å². The second-order valence-electron chi connectivity index (χ2n) is 2.37. The molecule has 0 saturated carbocycles. The van der Waals surface area contributed by atoms with Crippen molar-refractivity contribution in [2.75, 3.05) is 5.75 Å². The summed E-state index contributed by atoms with van der Waals surface area (Å²) in [4.78, 5) is 3.21. The Labute approximate surface area is 75.4 Å². The zero-order valence-electron chi connectivity index (χ0n) is 6.54. The quantitative estimate of drug-likeness (QED) is 0.580. The molecule has 0 atom stereocenters. The molecule has 3 nitrogen and oxygen atoms in total. The van der Waals surface area contributed by atoms with Gasteiger partial charge < -0.3 is 0 Å². The number of nitrogens with zero attached hydrogens (tertiary/aromatic N) is 1. The molecule has 1 rings (SSSR count). The molecule has 0 fully saturated rings. The van der Waals surface area contributed by atoms with Crippen molar-refractivity contribution in [1.29, 1.82) is 0 Å². The Hall–Kier alpha value is -1.04. The smallest absolute Gasteiger partial charge is 0.218 e. The highest BCUT2D eigenvalue weighted by atomic mass is 32.2. The zero-order chi connectivity index (χ0) is 9.84. The van der Waals surface area contributed by atoms with Gasteiger partial charge in [0, 0.05) is 11.8 Å². The molecule has 1 aromatic heterocycles. The summed E-state index contributed by atoms with van der Waals surface area (Å²) >= 11 is 0. The van der Waals surface area contributed by atoms with E-state index in [1.54, 1.807) is 0 Å². The van der Waals surface area contributed by atoms with Gasteiger partial charge in [-0.2, -0.15) is 4.39 Å². The standard InChI is InChI=1S/C7H7F2NO2S/c8-6-1-3-10-7(9)5(6)2-4-13(11)12/h1,3,13H,2,4H2. The normalized spacial score (nSPS) is 10.7. The molecule has 0 unspecified atom stereocenters. The summed E-state index contributed by atoms with van der Waals surface area (Å²) in [5, 5.41) is 0. The Bertz CT molecular complexity index is 351. The second-order valence-corrected chi connectivity index (χ2v) is 3.48. The highest BCUT2D eigenvalue weighted by Crippen LogP contribution is 2.09. The van der Waals surface area contributed by atoms with Gasteiger partial charge in [0.25, 0.3) is 0 Å². The van der Waals surface area contributed by atoms with Crippen LogP contribution in [0, 0.1) is 11.8 Å². The fourth-order valence-corrected chi connectivity index (χ4v) is 1.28. The zero-order valence-corrected chi connectivity index (χ0v) is 7.43. The van der Waals surface area contributed by atoms with Crippen molar-refractivity contribution in [3.8, 4) is 0 Å². The molecular weight excluding hydrogens is 200 g/mol. The van der Waals surface area contributed by atoms with Gasteiger partial charge in [-0.05, 0) is 12.5 Å². The van der Waals surface area contributed by atoms with Crippen LogP contribution in [0.4, 0.5) is 8.78 Å². The SMILES string of the molecule is O=[SH](=O)CCc1c(F)ccnc1F. The first-order valence-corrected chi connectivity index (χ1v) is 4.88. The molecule has 13 heavy (non-hydrogen) atoms. The lowest BCUT2D eigenvalue weighted by Gasteiger charge is -1.99. The van der Waals surface area contributed by atoms with Crippen molar-refractivity contribution < 1.29 is 17.2 Å².